The molecule has 3 aliphatic rings. The van der Waals surface area contributed by atoms with Crippen LogP contribution in [0.1, 0.15) is 6.92 Å². The molecule has 3 rings (SSSR count). The van der Waals surface area contributed by atoms with Gasteiger partial charge in [-0.2, -0.15) is 0 Å². The van der Waals surface area contributed by atoms with Crippen LogP contribution >= 0.6 is 0 Å². The van der Waals surface area contributed by atoms with Crippen molar-refractivity contribution in [3.63, 3.8) is 0 Å². The van der Waals surface area contributed by atoms with Gasteiger partial charge in [-0.3, -0.25) is 0 Å². The summed E-state index contributed by atoms with van der Waals surface area (Å²) in [6.45, 7) is -0.199. The van der Waals surface area contributed by atoms with Gasteiger partial charge in [0, 0.05) is 0 Å². The Bertz CT molecular complexity index is 911. The Hall–Kier alpha value is -1.98. The summed E-state index contributed by atoms with van der Waals surface area (Å²) in [5, 5.41) is 87.0. The van der Waals surface area contributed by atoms with Gasteiger partial charge >= 0.3 is 0 Å². The van der Waals surface area contributed by atoms with Crippen LogP contribution < -0.4 is 28.3 Å². The number of aliphatic hydroxyl groups is 8. The number of aliphatic imine (C=N–C) groups is 2. The first-order valence-electron chi connectivity index (χ1n) is 12.5. The molecule has 2 aliphatic heterocycles. The largest absolute Gasteiger partial charge is 0.394 e. The lowest BCUT2D eigenvalue weighted by Gasteiger charge is -2.45. The number of nitrogens with two attached hydrogens (primary N) is 4. The molecule has 19 heteroatoms. The molecule has 0 bridgehead atoms. The smallest absolute Gasteiger partial charge is 0.187 e. The van der Waals surface area contributed by atoms with E-state index in [2.05, 4.69) is 15.3 Å². The van der Waals surface area contributed by atoms with E-state index < -0.39 is 116 Å². The van der Waals surface area contributed by atoms with Crippen LogP contribution in [-0.4, -0.2) is 164 Å². The van der Waals surface area contributed by atoms with Crippen molar-refractivity contribution in [3.8, 4) is 0 Å². The van der Waals surface area contributed by atoms with Crippen molar-refractivity contribution in [2.24, 2.45) is 32.9 Å². The second kappa shape index (κ2) is 12.9. The lowest BCUT2D eigenvalue weighted by molar-refractivity contribution is -0.317. The Balaban J connectivity index is 1.96. The van der Waals surface area contributed by atoms with E-state index in [-0.39, 0.29) is 0 Å². The molecule has 17 N–H and O–H groups in total. The molecule has 0 radical (unpaired) electrons. The predicted molar refractivity (Wildman–Crippen MR) is 134 cm³/mol. The van der Waals surface area contributed by atoms with E-state index in [1.165, 1.54) is 14.0 Å². The van der Waals surface area contributed by atoms with E-state index in [0.29, 0.717) is 0 Å². The minimum absolute atomic E-state index is 0.493. The van der Waals surface area contributed by atoms with Gasteiger partial charge in [0.05, 0.1) is 25.4 Å². The van der Waals surface area contributed by atoms with Crippen LogP contribution in [0.4, 0.5) is 0 Å². The molecule has 1 aliphatic carbocycles. The molecular formula is C21H41N7O12. The third-order valence-electron chi connectivity index (χ3n) is 7.49. The summed E-state index contributed by atoms with van der Waals surface area (Å²) < 4.78 is 23.2. The Morgan fingerprint density at radius 3 is 1.95 bits per heavy atom. The summed E-state index contributed by atoms with van der Waals surface area (Å²) in [4.78, 5) is 7.66. The van der Waals surface area contributed by atoms with E-state index in [4.69, 9.17) is 41.9 Å². The zero-order valence-electron chi connectivity index (χ0n) is 21.9. The van der Waals surface area contributed by atoms with Gasteiger partial charge in [-0.05, 0) is 14.0 Å². The van der Waals surface area contributed by atoms with Crippen LogP contribution in [0, 0.1) is 0 Å². The normalized spacial score (nSPS) is 47.5. The average Bonchev–Trinajstić information content (AvgIpc) is 3.13. The van der Waals surface area contributed by atoms with Gasteiger partial charge in [0.1, 0.15) is 66.5 Å². The number of hydrogen-bond donors (Lipinski definition) is 13. The van der Waals surface area contributed by atoms with Gasteiger partial charge in [-0.1, -0.05) is 0 Å². The first kappa shape index (κ1) is 32.5. The summed E-state index contributed by atoms with van der Waals surface area (Å²) in [5.41, 5.74) is 19.7. The maximum absolute atomic E-state index is 11.3. The maximum Gasteiger partial charge on any atom is 0.187 e. The molecule has 2 saturated heterocycles. The van der Waals surface area contributed by atoms with Crippen LogP contribution in [0.25, 0.3) is 0 Å². The minimum atomic E-state index is -2.15. The third kappa shape index (κ3) is 6.11. The molecule has 0 aromatic heterocycles. The number of nitrogens with zero attached hydrogens (tertiary/aromatic N) is 2. The van der Waals surface area contributed by atoms with E-state index >= 15 is 0 Å². The highest BCUT2D eigenvalue weighted by Gasteiger charge is 2.60. The summed E-state index contributed by atoms with van der Waals surface area (Å²) in [6, 6.07) is -4.00. The fourth-order valence-electron chi connectivity index (χ4n) is 5.17. The highest BCUT2D eigenvalue weighted by molar-refractivity contribution is 5.76. The Labute approximate surface area is 229 Å². The molecule has 232 valence electrons. The second-order valence-electron chi connectivity index (χ2n) is 10.0. The minimum Gasteiger partial charge on any atom is -0.394 e. The molecular weight excluding hydrogens is 542 g/mol. The topological polar surface area (TPSA) is 340 Å². The van der Waals surface area contributed by atoms with Crippen molar-refractivity contribution in [2.75, 3.05) is 20.3 Å². The fraction of sp³-hybridized carbons (Fsp3) is 0.905. The number of likely N-dealkylation sites (N-methyl/N-ethyl adjacent to an activating group) is 1. The molecule has 1 saturated carbocycles. The van der Waals surface area contributed by atoms with E-state index in [1.54, 1.807) is 0 Å². The standard InChI is InChI=1S/C21H41N7O12/c1-5-21(36,4-30)16(40-17-9(26-2)13(34)10(31)6(3-29)38-17)18(37-5)39-15-8(28-20(24)25)11(32)7(27-19(22)23)12(33)14(15)35/h5-18,26,29-36H,3-4H2,1-2H3,(H4,22,23,27)(H4,24,25,28)/t5-,6?,7?,8-,9?,10-,11?,12-,13+,14-,15?,16?,17-,18-,21-/m0/s1. The van der Waals surface area contributed by atoms with Crippen LogP contribution in [-0.2, 0) is 18.9 Å². The zero-order chi connectivity index (χ0) is 30.1. The maximum atomic E-state index is 11.3. The molecule has 15 atom stereocenters. The third-order valence-corrected chi connectivity index (χ3v) is 7.49. The number of hydrogen-bond acceptors (Lipinski definition) is 15. The Kier molecular flexibility index (Phi) is 10.5. The van der Waals surface area contributed by atoms with E-state index in [1.807, 2.05) is 0 Å². The van der Waals surface area contributed by atoms with E-state index in [0.717, 1.165) is 0 Å². The van der Waals surface area contributed by atoms with Crippen molar-refractivity contribution in [2.45, 2.75) is 98.2 Å². The lowest BCUT2D eigenvalue weighted by Crippen LogP contribution is -2.66. The number of rotatable bonds is 9. The Morgan fingerprint density at radius 1 is 0.825 bits per heavy atom. The Morgan fingerprint density at radius 2 is 1.43 bits per heavy atom. The van der Waals surface area contributed by atoms with Crippen LogP contribution in [0.3, 0.4) is 0 Å². The SMILES string of the molecule is CNC1[C@H](OC2[C@H](OC3[C@@H](N=C(N)N)C(O)C(N=C(N)N)[C@H](O)[C@@H]3O)O[C@@H](C)[C@@]2(O)CO)OC(CO)[C@H](O)[C@@H]1O. The molecule has 0 aromatic carbocycles. The average molecular weight is 584 g/mol. The number of ether oxygens (including phenoxy) is 4. The first-order chi connectivity index (χ1) is 18.7. The van der Waals surface area contributed by atoms with Crippen molar-refractivity contribution in [1.29, 1.82) is 0 Å². The molecule has 0 aromatic rings. The van der Waals surface area contributed by atoms with Crippen LogP contribution in [0.2, 0.25) is 0 Å². The molecule has 2 heterocycles. The highest BCUT2D eigenvalue weighted by atomic mass is 16.8. The summed E-state index contributed by atoms with van der Waals surface area (Å²) in [5.74, 6) is -1.01. The summed E-state index contributed by atoms with van der Waals surface area (Å²) >= 11 is 0. The van der Waals surface area contributed by atoms with Crippen molar-refractivity contribution >= 4 is 11.9 Å². The van der Waals surface area contributed by atoms with E-state index in [9.17, 15) is 40.9 Å². The number of guanidine groups is 2. The highest BCUT2D eigenvalue weighted by Crippen LogP contribution is 2.39. The van der Waals surface area contributed by atoms with Gasteiger partial charge in [0.15, 0.2) is 24.5 Å². The lowest BCUT2D eigenvalue weighted by atomic mass is 9.81. The molecule has 0 amide bonds. The predicted octanol–water partition coefficient (Wildman–Crippen LogP) is -8.37. The van der Waals surface area contributed by atoms with Gasteiger partial charge in [0.25, 0.3) is 0 Å². The molecule has 3 fully saturated rings. The number of nitrogens with one attached hydrogen (secondary N) is 1. The van der Waals surface area contributed by atoms with Crippen LogP contribution in [0.5, 0.6) is 0 Å². The molecule has 40 heavy (non-hydrogen) atoms. The van der Waals surface area contributed by atoms with Gasteiger partial charge < -0.3 is 88.1 Å². The van der Waals surface area contributed by atoms with Crippen molar-refractivity contribution in [3.05, 3.63) is 0 Å². The van der Waals surface area contributed by atoms with Crippen molar-refractivity contribution in [1.82, 2.24) is 5.32 Å². The van der Waals surface area contributed by atoms with Crippen LogP contribution in [0.15, 0.2) is 9.98 Å². The fourth-order valence-corrected chi connectivity index (χ4v) is 5.17. The molecule has 19 nitrogen and oxygen atoms in total. The monoisotopic (exact) mass is 583 g/mol. The summed E-state index contributed by atoms with van der Waals surface area (Å²) in [7, 11) is 1.44. The summed E-state index contributed by atoms with van der Waals surface area (Å²) in [6.07, 6.45) is -16.9. The second-order valence-corrected chi connectivity index (χ2v) is 10.0. The first-order valence-corrected chi connectivity index (χ1v) is 12.5. The van der Waals surface area contributed by atoms with Gasteiger partial charge in [-0.15, -0.1) is 0 Å². The van der Waals surface area contributed by atoms with Crippen molar-refractivity contribution < 1.29 is 59.8 Å². The van der Waals surface area contributed by atoms with Gasteiger partial charge in [0.2, 0.25) is 0 Å². The number of aliphatic hydroxyl groups excluding tert-OH is 7. The quantitative estimate of drug-likeness (QED) is 0.0884. The molecule has 6 unspecified atom stereocenters. The zero-order valence-corrected chi connectivity index (χ0v) is 21.9. The molecule has 0 spiro atoms. The van der Waals surface area contributed by atoms with Gasteiger partial charge in [-0.25, -0.2) is 9.98 Å².